The lowest BCUT2D eigenvalue weighted by atomic mass is 9.56. The zero-order chi connectivity index (χ0) is 55.2. The van der Waals surface area contributed by atoms with Gasteiger partial charge >= 0.3 is 0 Å². The first kappa shape index (κ1) is 53.7. The van der Waals surface area contributed by atoms with E-state index in [9.17, 15) is 50.4 Å². The van der Waals surface area contributed by atoms with Crippen LogP contribution >= 0.6 is 0 Å². The summed E-state index contributed by atoms with van der Waals surface area (Å²) >= 11 is 0. The number of aromatic hydroxyl groups is 1. The third kappa shape index (κ3) is 8.24. The summed E-state index contributed by atoms with van der Waals surface area (Å²) in [5.74, 6) is -9.08. The average molecular weight is 1070 g/mol. The van der Waals surface area contributed by atoms with Gasteiger partial charge in [0.25, 0.3) is 17.6 Å². The number of ketones is 2. The number of ether oxygens (including phenoxy) is 3. The van der Waals surface area contributed by atoms with Gasteiger partial charge in [-0.3, -0.25) is 29.1 Å². The normalized spacial score (nSPS) is 32.6. The topological polar surface area (TPSA) is 388 Å². The van der Waals surface area contributed by atoms with E-state index in [-0.39, 0.29) is 83.5 Å². The molecule has 2 aromatic rings. The largest absolute Gasteiger partial charge is 0.507 e. The number of fused-ring (bicyclic) bond motifs is 3. The molecule has 0 aromatic heterocycles. The molecule has 8 aliphatic rings. The van der Waals surface area contributed by atoms with Crippen LogP contribution in [0.1, 0.15) is 112 Å². The number of aliphatic imine (C=N–C) groups is 1. The van der Waals surface area contributed by atoms with Crippen molar-refractivity contribution < 1.29 is 74.2 Å². The first-order valence-corrected chi connectivity index (χ1v) is 25.9. The Bertz CT molecular complexity index is 3010. The van der Waals surface area contributed by atoms with E-state index in [1.54, 1.807) is 13.0 Å². The van der Waals surface area contributed by atoms with Crippen LogP contribution in [0.2, 0.25) is 0 Å². The number of carbonyl (C=O) groups excluding carboxylic acids is 4. The van der Waals surface area contributed by atoms with Crippen LogP contribution < -0.4 is 42.6 Å². The Balaban J connectivity index is 1.10. The molecule has 1 saturated heterocycles. The van der Waals surface area contributed by atoms with E-state index in [4.69, 9.17) is 31.4 Å². The average Bonchev–Trinajstić information content (AvgIpc) is 3.92. The van der Waals surface area contributed by atoms with E-state index in [1.807, 2.05) is 18.4 Å². The Morgan fingerprint density at radius 1 is 1.03 bits per heavy atom. The summed E-state index contributed by atoms with van der Waals surface area (Å²) in [6.45, 7) is 1.29. The number of dihydropyridines is 2. The monoisotopic (exact) mass is 1070 g/mol. The van der Waals surface area contributed by atoms with Crippen molar-refractivity contribution in [3.8, 4) is 17.2 Å². The van der Waals surface area contributed by atoms with Crippen LogP contribution in [0.5, 0.6) is 17.2 Å². The van der Waals surface area contributed by atoms with Crippen LogP contribution in [0.15, 0.2) is 70.7 Å². The van der Waals surface area contributed by atoms with E-state index < -0.39 is 113 Å². The molecular weight excluding hydrogens is 1000 g/mol. The van der Waals surface area contributed by atoms with Gasteiger partial charge in [-0.05, 0) is 104 Å². The van der Waals surface area contributed by atoms with E-state index in [0.29, 0.717) is 47.9 Å². The van der Waals surface area contributed by atoms with Crippen LogP contribution in [0.3, 0.4) is 0 Å². The molecule has 1 unspecified atom stereocenters. The predicted molar refractivity (Wildman–Crippen MR) is 273 cm³/mol. The summed E-state index contributed by atoms with van der Waals surface area (Å²) in [4.78, 5) is 62.2. The molecule has 0 bridgehead atoms. The highest BCUT2D eigenvalue weighted by molar-refractivity contribution is 6.32. The number of aliphatic hydroxyl groups excluding tert-OH is 4. The Labute approximate surface area is 442 Å². The molecule has 2 amide bonds. The second kappa shape index (κ2) is 20.0. The Hall–Kier alpha value is -6.67. The second-order valence-electron chi connectivity index (χ2n) is 21.2. The zero-order valence-electron chi connectivity index (χ0n) is 42.7. The van der Waals surface area contributed by atoms with Gasteiger partial charge in [0.1, 0.15) is 29.5 Å². The number of imide groups is 1. The number of guanidine groups is 1. The number of nitrogens with zero attached hydrogens (tertiary/aromatic N) is 2. The Kier molecular flexibility index (Phi) is 13.9. The van der Waals surface area contributed by atoms with Gasteiger partial charge in [0, 0.05) is 84.7 Å². The highest BCUT2D eigenvalue weighted by atomic mass is 16.8. The van der Waals surface area contributed by atoms with Gasteiger partial charge in [-0.15, -0.1) is 0 Å². The number of amides is 2. The first-order valence-electron chi connectivity index (χ1n) is 25.9. The van der Waals surface area contributed by atoms with Crippen molar-refractivity contribution in [3.63, 3.8) is 0 Å². The number of allylic oxidation sites excluding steroid dienone is 3. The summed E-state index contributed by atoms with van der Waals surface area (Å²) in [6.07, 6.45) is 2.33. The molecule has 23 heteroatoms. The number of rotatable bonds is 14. The van der Waals surface area contributed by atoms with E-state index in [0.717, 1.165) is 29.0 Å². The maximum Gasteiger partial charge on any atom is 0.253 e. The Morgan fingerprint density at radius 2 is 1.75 bits per heavy atom. The first-order chi connectivity index (χ1) is 36.7. The highest BCUT2D eigenvalue weighted by Crippen LogP contribution is 2.69. The highest BCUT2D eigenvalue weighted by Gasteiger charge is 2.68. The maximum absolute atomic E-state index is 15.9. The van der Waals surface area contributed by atoms with Gasteiger partial charge in [0.2, 0.25) is 18.4 Å². The number of hydrogen-bond donors (Lipinski definition) is 14. The van der Waals surface area contributed by atoms with E-state index in [1.165, 1.54) is 26.3 Å². The summed E-state index contributed by atoms with van der Waals surface area (Å²) < 4.78 is 17.8. The summed E-state index contributed by atoms with van der Waals surface area (Å²) in [7, 11) is 2.82. The molecule has 2 fully saturated rings. The number of hydrogen-bond acceptors (Lipinski definition) is 20. The third-order valence-electron chi connectivity index (χ3n) is 17.5. The molecule has 4 heterocycles. The number of benzene rings is 2. The minimum atomic E-state index is -3.65. The van der Waals surface area contributed by atoms with Crippen molar-refractivity contribution in [3.05, 3.63) is 110 Å². The van der Waals surface area contributed by atoms with Gasteiger partial charge in [-0.2, -0.15) is 0 Å². The molecule has 0 spiro atoms. The predicted octanol–water partition coefficient (Wildman–Crippen LogP) is -1.08. The number of nitrogens with two attached hydrogens (primary N) is 3. The number of aliphatic hydroxyl groups is 7. The third-order valence-corrected chi connectivity index (χ3v) is 17.5. The molecule has 412 valence electrons. The molecular formula is C54H66N8O15. The van der Waals surface area contributed by atoms with Crippen LogP contribution in [0.25, 0.3) is 0 Å². The number of nitrogens with one attached hydrogen (secondary N) is 3. The van der Waals surface area contributed by atoms with Crippen LogP contribution in [0.4, 0.5) is 0 Å². The van der Waals surface area contributed by atoms with Gasteiger partial charge in [0.15, 0.2) is 17.3 Å². The van der Waals surface area contributed by atoms with Crippen molar-refractivity contribution in [2.75, 3.05) is 33.9 Å². The summed E-state index contributed by atoms with van der Waals surface area (Å²) in [6, 6.07) is 0.518. The number of carbonyl (C=O) groups is 4. The standard InChI is InChI=1S/C54H66N8O15/c1-4-28-31(75-3)19-32(76-49-47(69)48(70)53(73,54(74,77-49)50(71)72)20-25(23-12-15-59-34(56)18-23)22-62-35(64)9-10-36(62)65)41-38(28)44(66)39-29-7-5-26(13-16-63)52(27-6-8-33(55)60-21-27)14-11-24-17-30(61-51(57)58-2)40(37(29)43(24)52)45(67)42(39)46(41)68/h6,8-10,12,18-19,21,24-26,30,33,43,47-50,59-60,63,67,69-74H,4-5,7,11,13-17,20,22,55-56H2,1-3H3,(H3,57,58,61)/t24-,25-,26+,30-,33?,43-,47-,48-,49-,52+,53+,54-/m1/s1. The van der Waals surface area contributed by atoms with Crippen LogP contribution in [-0.4, -0.2) is 151 Å². The summed E-state index contributed by atoms with van der Waals surface area (Å²) in [5, 5.41) is 103. The van der Waals surface area contributed by atoms with Gasteiger partial charge in [-0.1, -0.05) is 19.1 Å². The molecule has 10 rings (SSSR count). The molecule has 23 nitrogen and oxygen atoms in total. The second-order valence-corrected chi connectivity index (χ2v) is 21.2. The molecule has 77 heavy (non-hydrogen) atoms. The number of phenols is 1. The van der Waals surface area contributed by atoms with Gasteiger partial charge < -0.3 is 88.2 Å². The molecule has 0 radical (unpaired) electrons. The van der Waals surface area contributed by atoms with Crippen molar-refractivity contribution in [2.45, 2.75) is 113 Å². The fourth-order valence-electron chi connectivity index (χ4n) is 14.1. The fraction of sp³-hybridized carbons (Fsp3) is 0.500. The zero-order valence-corrected chi connectivity index (χ0v) is 42.7. The molecule has 2 aromatic carbocycles. The van der Waals surface area contributed by atoms with E-state index in [2.05, 4.69) is 20.9 Å². The van der Waals surface area contributed by atoms with Crippen molar-refractivity contribution in [1.82, 2.24) is 20.9 Å². The molecule has 4 aliphatic heterocycles. The Morgan fingerprint density at radius 3 is 2.39 bits per heavy atom. The molecule has 17 N–H and O–H groups in total. The fourth-order valence-corrected chi connectivity index (χ4v) is 14.1. The van der Waals surface area contributed by atoms with Gasteiger partial charge in [-0.25, -0.2) is 0 Å². The van der Waals surface area contributed by atoms with E-state index >= 15 is 9.59 Å². The van der Waals surface area contributed by atoms with Crippen molar-refractivity contribution in [2.24, 2.45) is 45.4 Å². The SMILES string of the molecule is CCc1c(OC)cc(O[C@@H]2O[C@](O)(C(O)O)[C@](O)(C[C@H](CN3C(=O)C=CC3=O)C3=CCNC(N)=C3)[C@H](O)[C@H]2O)c2c1C(=O)c1c3c4c(c(O)c1C2=O)[C@H](NC(N)=NC)C[C@H]1CC[C@@](C2=CNC(N)C=C2)([C@H](CCO)CC3)[C@@H]41. The lowest BCUT2D eigenvalue weighted by Gasteiger charge is -2.54. The van der Waals surface area contributed by atoms with Crippen LogP contribution in [-0.2, 0) is 27.2 Å². The van der Waals surface area contributed by atoms with Gasteiger partial charge in [0.05, 0.1) is 36.3 Å². The number of phenolic OH excluding ortho intramolecular Hbond substituents is 1. The lowest BCUT2D eigenvalue weighted by molar-refractivity contribution is -0.456. The van der Waals surface area contributed by atoms with Crippen molar-refractivity contribution in [1.29, 1.82) is 0 Å². The quantitative estimate of drug-likeness (QED) is 0.0395. The van der Waals surface area contributed by atoms with Crippen LogP contribution in [0, 0.1) is 23.2 Å². The molecule has 4 aliphatic carbocycles. The summed E-state index contributed by atoms with van der Waals surface area (Å²) in [5.41, 5.74) is 17.0. The lowest BCUT2D eigenvalue weighted by Crippen LogP contribution is -2.77. The number of methoxy groups -OCH3 is 1. The maximum atomic E-state index is 15.9. The molecule has 1 saturated carbocycles. The minimum absolute atomic E-state index is 0.0250. The minimum Gasteiger partial charge on any atom is -0.507 e. The molecule has 12 atom stereocenters. The smallest absolute Gasteiger partial charge is 0.253 e. The van der Waals surface area contributed by atoms with Crippen molar-refractivity contribution >= 4 is 29.3 Å².